The molecule has 1 aromatic carbocycles. The van der Waals surface area contributed by atoms with Gasteiger partial charge in [0.05, 0.1) is 20.4 Å². The van der Waals surface area contributed by atoms with Crippen LogP contribution in [0.1, 0.15) is 49.4 Å². The monoisotopic (exact) mass is 357 g/mol. The number of H-pyrrole nitrogens is 1. The lowest BCUT2D eigenvalue weighted by atomic mass is 9.90. The van der Waals surface area contributed by atoms with E-state index in [0.717, 1.165) is 37.6 Å². The molecule has 0 bridgehead atoms. The number of methoxy groups -OCH3 is 2. The van der Waals surface area contributed by atoms with Gasteiger partial charge in [0, 0.05) is 30.8 Å². The molecule has 1 atom stereocenters. The number of hydrogen-bond acceptors (Lipinski definition) is 4. The standard InChI is InChI=1S/C21H31N3O2/c1-15(2)8-18-12-22-23-21(18)17-6-5-7-24(14-17)13-16-9-19(25-3)11-20(10-16)26-4/h9-12,15,17H,5-8,13-14H2,1-4H3,(H,22,23)/t17-/m1/s1. The highest BCUT2D eigenvalue weighted by Gasteiger charge is 2.25. The Morgan fingerprint density at radius 2 is 1.92 bits per heavy atom. The number of aromatic nitrogens is 2. The molecule has 142 valence electrons. The van der Waals surface area contributed by atoms with Gasteiger partial charge in [0.15, 0.2) is 0 Å². The van der Waals surface area contributed by atoms with Crippen LogP contribution in [-0.2, 0) is 13.0 Å². The highest BCUT2D eigenvalue weighted by molar-refractivity contribution is 5.38. The second-order valence-corrected chi connectivity index (χ2v) is 7.70. The van der Waals surface area contributed by atoms with Crippen molar-refractivity contribution in [2.45, 2.75) is 45.6 Å². The van der Waals surface area contributed by atoms with Crippen LogP contribution in [0.4, 0.5) is 0 Å². The molecule has 5 heteroatoms. The van der Waals surface area contributed by atoms with E-state index in [1.807, 2.05) is 12.3 Å². The van der Waals surface area contributed by atoms with Crippen LogP contribution in [0.25, 0.3) is 0 Å². The predicted octanol–water partition coefficient (Wildman–Crippen LogP) is 4.01. The quantitative estimate of drug-likeness (QED) is 0.813. The van der Waals surface area contributed by atoms with E-state index in [9.17, 15) is 0 Å². The number of benzene rings is 1. The number of hydrogen-bond donors (Lipinski definition) is 1. The van der Waals surface area contributed by atoms with Crippen molar-refractivity contribution in [1.29, 1.82) is 0 Å². The maximum atomic E-state index is 5.41. The zero-order valence-corrected chi connectivity index (χ0v) is 16.4. The third-order valence-corrected chi connectivity index (χ3v) is 5.11. The van der Waals surface area contributed by atoms with Crippen LogP contribution in [0.5, 0.6) is 11.5 Å². The average Bonchev–Trinajstić information content (AvgIpc) is 3.09. The Bertz CT molecular complexity index is 689. The van der Waals surface area contributed by atoms with Crippen LogP contribution in [0.15, 0.2) is 24.4 Å². The van der Waals surface area contributed by atoms with E-state index in [2.05, 4.69) is 41.1 Å². The highest BCUT2D eigenvalue weighted by atomic mass is 16.5. The van der Waals surface area contributed by atoms with Gasteiger partial charge in [-0.15, -0.1) is 0 Å². The zero-order chi connectivity index (χ0) is 18.5. The summed E-state index contributed by atoms with van der Waals surface area (Å²) < 4.78 is 10.8. The second-order valence-electron chi connectivity index (χ2n) is 7.70. The molecule has 0 aliphatic carbocycles. The summed E-state index contributed by atoms with van der Waals surface area (Å²) in [5, 5.41) is 7.61. The molecule has 0 saturated carbocycles. The van der Waals surface area contributed by atoms with Crippen molar-refractivity contribution in [2.24, 2.45) is 5.92 Å². The second kappa shape index (κ2) is 8.58. The summed E-state index contributed by atoms with van der Waals surface area (Å²) >= 11 is 0. The smallest absolute Gasteiger partial charge is 0.122 e. The van der Waals surface area contributed by atoms with E-state index in [1.54, 1.807) is 14.2 Å². The molecular weight excluding hydrogens is 326 g/mol. The number of rotatable bonds is 7. The SMILES string of the molecule is COc1cc(CN2CCC[C@@H](c3[nH]ncc3CC(C)C)C2)cc(OC)c1. The summed E-state index contributed by atoms with van der Waals surface area (Å²) in [6.07, 6.45) is 5.55. The van der Waals surface area contributed by atoms with E-state index in [0.29, 0.717) is 11.8 Å². The first-order valence-corrected chi connectivity index (χ1v) is 9.55. The van der Waals surface area contributed by atoms with Crippen molar-refractivity contribution in [2.75, 3.05) is 27.3 Å². The minimum atomic E-state index is 0.535. The molecule has 1 aliphatic heterocycles. The molecule has 2 aromatic rings. The topological polar surface area (TPSA) is 50.4 Å². The Morgan fingerprint density at radius 3 is 2.58 bits per heavy atom. The van der Waals surface area contributed by atoms with Crippen LogP contribution in [0.2, 0.25) is 0 Å². The molecule has 1 aromatic heterocycles. The first-order valence-electron chi connectivity index (χ1n) is 9.55. The maximum Gasteiger partial charge on any atom is 0.122 e. The van der Waals surface area contributed by atoms with Gasteiger partial charge in [-0.25, -0.2) is 0 Å². The lowest BCUT2D eigenvalue weighted by Gasteiger charge is -2.33. The fraction of sp³-hybridized carbons (Fsp3) is 0.571. The Labute approximate surface area is 156 Å². The van der Waals surface area contributed by atoms with Crippen molar-refractivity contribution >= 4 is 0 Å². The number of nitrogens with zero attached hydrogens (tertiary/aromatic N) is 2. The molecule has 0 spiro atoms. The van der Waals surface area contributed by atoms with Crippen molar-refractivity contribution in [3.8, 4) is 11.5 Å². The molecular formula is C21H31N3O2. The largest absolute Gasteiger partial charge is 0.497 e. The zero-order valence-electron chi connectivity index (χ0n) is 16.4. The van der Waals surface area contributed by atoms with E-state index < -0.39 is 0 Å². The number of ether oxygens (including phenoxy) is 2. The van der Waals surface area contributed by atoms with Crippen molar-refractivity contribution in [3.63, 3.8) is 0 Å². The van der Waals surface area contributed by atoms with Gasteiger partial charge in [-0.3, -0.25) is 10.00 Å². The van der Waals surface area contributed by atoms with Gasteiger partial charge in [0.25, 0.3) is 0 Å². The van der Waals surface area contributed by atoms with Gasteiger partial charge in [-0.1, -0.05) is 13.8 Å². The van der Waals surface area contributed by atoms with Gasteiger partial charge in [0.1, 0.15) is 11.5 Å². The summed E-state index contributed by atoms with van der Waals surface area (Å²) in [5.74, 6) is 2.88. The third kappa shape index (κ3) is 4.58. The van der Waals surface area contributed by atoms with Gasteiger partial charge < -0.3 is 9.47 Å². The maximum absolute atomic E-state index is 5.41. The van der Waals surface area contributed by atoms with Crippen LogP contribution >= 0.6 is 0 Å². The Morgan fingerprint density at radius 1 is 1.19 bits per heavy atom. The molecule has 0 radical (unpaired) electrons. The summed E-state index contributed by atoms with van der Waals surface area (Å²) in [4.78, 5) is 2.53. The van der Waals surface area contributed by atoms with Crippen LogP contribution in [-0.4, -0.2) is 42.4 Å². The molecule has 0 amide bonds. The minimum absolute atomic E-state index is 0.535. The van der Waals surface area contributed by atoms with E-state index in [-0.39, 0.29) is 0 Å². The molecule has 3 rings (SSSR count). The summed E-state index contributed by atoms with van der Waals surface area (Å²) in [6, 6.07) is 6.13. The normalized spacial score (nSPS) is 18.3. The van der Waals surface area contributed by atoms with Gasteiger partial charge in [-0.2, -0.15) is 5.10 Å². The minimum Gasteiger partial charge on any atom is -0.497 e. The lowest BCUT2D eigenvalue weighted by Crippen LogP contribution is -2.34. The Balaban J connectivity index is 1.70. The van der Waals surface area contributed by atoms with Crippen LogP contribution in [0, 0.1) is 5.92 Å². The first-order chi connectivity index (χ1) is 12.6. The van der Waals surface area contributed by atoms with Crippen molar-refractivity contribution in [1.82, 2.24) is 15.1 Å². The van der Waals surface area contributed by atoms with E-state index in [1.165, 1.54) is 29.7 Å². The summed E-state index contributed by atoms with van der Waals surface area (Å²) in [5.41, 5.74) is 3.95. The molecule has 26 heavy (non-hydrogen) atoms. The summed E-state index contributed by atoms with van der Waals surface area (Å²) in [7, 11) is 3.40. The fourth-order valence-electron chi connectivity index (χ4n) is 3.93. The average molecular weight is 357 g/mol. The number of nitrogens with one attached hydrogen (secondary N) is 1. The Kier molecular flexibility index (Phi) is 6.20. The predicted molar refractivity (Wildman–Crippen MR) is 104 cm³/mol. The van der Waals surface area contributed by atoms with E-state index >= 15 is 0 Å². The molecule has 1 saturated heterocycles. The van der Waals surface area contributed by atoms with E-state index in [4.69, 9.17) is 9.47 Å². The van der Waals surface area contributed by atoms with Crippen LogP contribution < -0.4 is 9.47 Å². The molecule has 1 aliphatic rings. The number of likely N-dealkylation sites (tertiary alicyclic amines) is 1. The number of piperidine rings is 1. The summed E-state index contributed by atoms with van der Waals surface area (Å²) in [6.45, 7) is 7.63. The van der Waals surface area contributed by atoms with Crippen LogP contribution in [0.3, 0.4) is 0 Å². The van der Waals surface area contributed by atoms with Gasteiger partial charge in [-0.05, 0) is 55.0 Å². The Hall–Kier alpha value is -2.01. The van der Waals surface area contributed by atoms with Crippen molar-refractivity contribution in [3.05, 3.63) is 41.2 Å². The number of aromatic amines is 1. The molecule has 1 N–H and O–H groups in total. The van der Waals surface area contributed by atoms with Gasteiger partial charge >= 0.3 is 0 Å². The molecule has 1 fully saturated rings. The fourth-order valence-corrected chi connectivity index (χ4v) is 3.93. The highest BCUT2D eigenvalue weighted by Crippen LogP contribution is 2.30. The molecule has 5 nitrogen and oxygen atoms in total. The molecule has 2 heterocycles. The lowest BCUT2D eigenvalue weighted by molar-refractivity contribution is 0.197. The third-order valence-electron chi connectivity index (χ3n) is 5.11. The van der Waals surface area contributed by atoms with Gasteiger partial charge in [0.2, 0.25) is 0 Å². The first kappa shape index (κ1) is 18.8. The van der Waals surface area contributed by atoms with Crippen molar-refractivity contribution < 1.29 is 9.47 Å². The molecule has 0 unspecified atom stereocenters.